The third-order valence-electron chi connectivity index (χ3n) is 4.49. The average molecular weight is 353 g/mol. The topological polar surface area (TPSA) is 66.8 Å². The van der Waals surface area contributed by atoms with E-state index >= 15 is 0 Å². The lowest BCUT2D eigenvalue weighted by atomic mass is 10.00. The van der Waals surface area contributed by atoms with Gasteiger partial charge in [-0.1, -0.05) is 30.3 Å². The Bertz CT molecular complexity index is 773. The number of benzene rings is 2. The summed E-state index contributed by atoms with van der Waals surface area (Å²) in [5.41, 5.74) is 3.17. The Hall–Kier alpha value is -2.82. The number of amides is 1. The quantitative estimate of drug-likeness (QED) is 0.733. The highest BCUT2D eigenvalue weighted by Gasteiger charge is 2.24. The van der Waals surface area contributed by atoms with Crippen LogP contribution in [-0.2, 0) is 22.6 Å². The smallest absolute Gasteiger partial charge is 0.303 e. The van der Waals surface area contributed by atoms with E-state index in [0.29, 0.717) is 32.4 Å². The first-order chi connectivity index (χ1) is 12.6. The normalized spacial score (nSPS) is 13.4. The van der Waals surface area contributed by atoms with Gasteiger partial charge >= 0.3 is 5.97 Å². The van der Waals surface area contributed by atoms with Crippen LogP contribution in [0.4, 0.5) is 5.69 Å². The van der Waals surface area contributed by atoms with E-state index in [1.165, 1.54) is 0 Å². The first kappa shape index (κ1) is 18.0. The van der Waals surface area contributed by atoms with Gasteiger partial charge < -0.3 is 14.7 Å². The number of anilines is 1. The zero-order valence-electron chi connectivity index (χ0n) is 14.7. The number of ether oxygens (including phenoxy) is 1. The number of unbranched alkanes of at least 4 members (excludes halogenated alkanes) is 1. The number of hydrogen-bond acceptors (Lipinski definition) is 3. The molecule has 2 aromatic rings. The Balaban J connectivity index is 1.65. The summed E-state index contributed by atoms with van der Waals surface area (Å²) < 4.78 is 5.74. The van der Waals surface area contributed by atoms with Crippen molar-refractivity contribution in [3.63, 3.8) is 0 Å². The lowest BCUT2D eigenvalue weighted by Crippen LogP contribution is -2.34. The summed E-state index contributed by atoms with van der Waals surface area (Å²) in [6, 6.07) is 15.8. The summed E-state index contributed by atoms with van der Waals surface area (Å²) in [5.74, 6) is 0.138. The van der Waals surface area contributed by atoms with E-state index in [2.05, 4.69) is 0 Å². The molecule has 0 unspecified atom stereocenters. The minimum Gasteiger partial charge on any atom is -0.494 e. The predicted molar refractivity (Wildman–Crippen MR) is 99.4 cm³/mol. The summed E-state index contributed by atoms with van der Waals surface area (Å²) in [7, 11) is 0. The van der Waals surface area contributed by atoms with Crippen LogP contribution >= 0.6 is 0 Å². The Labute approximate surface area is 153 Å². The van der Waals surface area contributed by atoms with Gasteiger partial charge in [0.15, 0.2) is 0 Å². The average Bonchev–Trinajstić information content (AvgIpc) is 2.64. The van der Waals surface area contributed by atoms with Gasteiger partial charge in [-0.05, 0) is 48.6 Å². The molecule has 5 heteroatoms. The third kappa shape index (κ3) is 4.63. The van der Waals surface area contributed by atoms with E-state index in [1.54, 1.807) is 0 Å². The number of carboxylic acids is 1. The molecule has 0 saturated heterocycles. The van der Waals surface area contributed by atoms with Crippen molar-refractivity contribution in [3.05, 3.63) is 59.7 Å². The maximum absolute atomic E-state index is 12.4. The first-order valence-corrected chi connectivity index (χ1v) is 8.95. The van der Waals surface area contributed by atoms with Crippen molar-refractivity contribution in [2.45, 2.75) is 38.6 Å². The second kappa shape index (κ2) is 8.52. The second-order valence-electron chi connectivity index (χ2n) is 6.46. The second-order valence-corrected chi connectivity index (χ2v) is 6.46. The van der Waals surface area contributed by atoms with E-state index in [-0.39, 0.29) is 12.3 Å². The number of carbonyl (C=O) groups is 2. The number of nitrogens with zero attached hydrogens (tertiary/aromatic N) is 1. The van der Waals surface area contributed by atoms with Crippen LogP contribution in [0.5, 0.6) is 5.75 Å². The fourth-order valence-corrected chi connectivity index (χ4v) is 3.13. The van der Waals surface area contributed by atoms with Crippen molar-refractivity contribution in [2.75, 3.05) is 11.5 Å². The summed E-state index contributed by atoms with van der Waals surface area (Å²) in [6.45, 7) is 1.07. The standard InChI is InChI=1S/C21H23NO4/c23-20-12-9-17-14-18(26-13-5-4-8-21(24)25)10-11-19(17)22(20)15-16-6-2-1-3-7-16/h1-3,6-7,10-11,14H,4-5,8-9,12-13,15H2,(H,24,25). The largest absolute Gasteiger partial charge is 0.494 e. The van der Waals surface area contributed by atoms with Crippen LogP contribution in [0.25, 0.3) is 0 Å². The minimum absolute atomic E-state index is 0.142. The Morgan fingerprint density at radius 1 is 1.08 bits per heavy atom. The molecule has 26 heavy (non-hydrogen) atoms. The molecule has 136 valence electrons. The van der Waals surface area contributed by atoms with Crippen molar-refractivity contribution < 1.29 is 19.4 Å². The van der Waals surface area contributed by atoms with Crippen LogP contribution in [0.3, 0.4) is 0 Å². The highest BCUT2D eigenvalue weighted by Crippen LogP contribution is 2.32. The van der Waals surface area contributed by atoms with Crippen molar-refractivity contribution in [2.24, 2.45) is 0 Å². The first-order valence-electron chi connectivity index (χ1n) is 8.95. The third-order valence-corrected chi connectivity index (χ3v) is 4.49. The predicted octanol–water partition coefficient (Wildman–Crippen LogP) is 3.80. The minimum atomic E-state index is -0.776. The molecule has 0 spiro atoms. The molecular weight excluding hydrogens is 330 g/mol. The summed E-state index contributed by atoms with van der Waals surface area (Å²) >= 11 is 0. The zero-order valence-corrected chi connectivity index (χ0v) is 14.7. The molecule has 2 aromatic carbocycles. The van der Waals surface area contributed by atoms with Crippen molar-refractivity contribution >= 4 is 17.6 Å². The molecule has 0 aliphatic carbocycles. The molecule has 1 amide bonds. The summed E-state index contributed by atoms with van der Waals surface area (Å²) in [6.07, 6.45) is 2.71. The van der Waals surface area contributed by atoms with Crippen molar-refractivity contribution in [3.8, 4) is 5.75 Å². The highest BCUT2D eigenvalue weighted by atomic mass is 16.5. The zero-order chi connectivity index (χ0) is 18.4. The van der Waals surface area contributed by atoms with Crippen LogP contribution in [0, 0.1) is 0 Å². The van der Waals surface area contributed by atoms with Crippen molar-refractivity contribution in [1.29, 1.82) is 0 Å². The van der Waals surface area contributed by atoms with Gasteiger partial charge in [-0.15, -0.1) is 0 Å². The van der Waals surface area contributed by atoms with E-state index in [0.717, 1.165) is 29.0 Å². The Morgan fingerprint density at radius 2 is 1.88 bits per heavy atom. The van der Waals surface area contributed by atoms with Gasteiger partial charge in [0.2, 0.25) is 5.91 Å². The molecule has 0 aromatic heterocycles. The number of rotatable bonds is 8. The monoisotopic (exact) mass is 353 g/mol. The highest BCUT2D eigenvalue weighted by molar-refractivity contribution is 5.96. The number of aliphatic carboxylic acids is 1. The lowest BCUT2D eigenvalue weighted by molar-refractivity contribution is -0.137. The molecule has 1 aliphatic rings. The van der Waals surface area contributed by atoms with Crippen LogP contribution < -0.4 is 9.64 Å². The molecule has 5 nitrogen and oxygen atoms in total. The van der Waals surface area contributed by atoms with Crippen LogP contribution in [-0.4, -0.2) is 23.6 Å². The molecule has 0 fully saturated rings. The van der Waals surface area contributed by atoms with Gasteiger partial charge in [0.25, 0.3) is 0 Å². The van der Waals surface area contributed by atoms with E-state index < -0.39 is 5.97 Å². The SMILES string of the molecule is O=C(O)CCCCOc1ccc2c(c1)CCC(=O)N2Cc1ccccc1. The van der Waals surface area contributed by atoms with Gasteiger partial charge in [-0.3, -0.25) is 9.59 Å². The molecule has 3 rings (SSSR count). The van der Waals surface area contributed by atoms with Crippen LogP contribution in [0.15, 0.2) is 48.5 Å². The van der Waals surface area contributed by atoms with Crippen LogP contribution in [0.1, 0.15) is 36.8 Å². The number of carbonyl (C=O) groups excluding carboxylic acids is 1. The number of carboxylic acid groups (broad SMARTS) is 1. The maximum atomic E-state index is 12.4. The van der Waals surface area contributed by atoms with Gasteiger partial charge in [-0.25, -0.2) is 0 Å². The summed E-state index contributed by atoms with van der Waals surface area (Å²) in [4.78, 5) is 24.7. The van der Waals surface area contributed by atoms with Gasteiger partial charge in [-0.2, -0.15) is 0 Å². The molecular formula is C21H23NO4. The van der Waals surface area contributed by atoms with Gasteiger partial charge in [0.1, 0.15) is 5.75 Å². The Morgan fingerprint density at radius 3 is 2.65 bits per heavy atom. The molecule has 0 bridgehead atoms. The van der Waals surface area contributed by atoms with Gasteiger partial charge in [0.05, 0.1) is 13.2 Å². The maximum Gasteiger partial charge on any atom is 0.303 e. The van der Waals surface area contributed by atoms with Crippen molar-refractivity contribution in [1.82, 2.24) is 0 Å². The fourth-order valence-electron chi connectivity index (χ4n) is 3.13. The van der Waals surface area contributed by atoms with E-state index in [9.17, 15) is 9.59 Å². The molecule has 0 radical (unpaired) electrons. The molecule has 0 saturated carbocycles. The molecule has 0 atom stereocenters. The molecule has 1 aliphatic heterocycles. The lowest BCUT2D eigenvalue weighted by Gasteiger charge is -2.30. The summed E-state index contributed by atoms with van der Waals surface area (Å²) in [5, 5.41) is 8.64. The number of fused-ring (bicyclic) bond motifs is 1. The van der Waals surface area contributed by atoms with E-state index in [4.69, 9.17) is 9.84 Å². The Kier molecular flexibility index (Phi) is 5.89. The van der Waals surface area contributed by atoms with E-state index in [1.807, 2.05) is 53.4 Å². The van der Waals surface area contributed by atoms with Gasteiger partial charge in [0, 0.05) is 18.5 Å². The molecule has 1 N–H and O–H groups in total. The number of aryl methyl sites for hydroxylation is 1. The molecule has 1 heterocycles. The number of hydrogen-bond donors (Lipinski definition) is 1. The fraction of sp³-hybridized carbons (Fsp3) is 0.333. The van der Waals surface area contributed by atoms with Crippen LogP contribution in [0.2, 0.25) is 0 Å².